The molecule has 9 fully saturated rings. The molecule has 5 saturated heterocycles. The van der Waals surface area contributed by atoms with Crippen LogP contribution in [0.1, 0.15) is 85.5 Å². The van der Waals surface area contributed by atoms with Crippen molar-refractivity contribution in [3.8, 4) is 0 Å². The molecule has 9 aliphatic rings. The van der Waals surface area contributed by atoms with E-state index in [-0.39, 0.29) is 40.5 Å². The second-order valence-electron chi connectivity index (χ2n) is 20.8. The van der Waals surface area contributed by atoms with E-state index in [4.69, 9.17) is 33.2 Å². The van der Waals surface area contributed by atoms with E-state index in [1.54, 1.807) is 0 Å². The minimum atomic E-state index is -1.87. The molecule has 0 amide bonds. The molecule has 0 unspecified atom stereocenters. The number of hydrogen-bond acceptors (Lipinski definition) is 17. The molecule has 4 saturated carbocycles. The standard InChI is InChI=1S/C43H68O17/c1-17-5-10-43(56-14-17)18(2)28-27(60-43)13-22-20-12-24(44)23-11-19(6-8-41(23,3)21(20)7-9-42(22,28)4)57-40-34(52)32(50)37(58-39-33(51)30(48)26(46)16-55-39)38(59-40)35(53)36-31(49)29(47)25(45)15-54-36/h17-23,25-40,45-53H,5-16H2,1-4H3/t17-,18+,19+,20-,21+,22-,23+,25-,26-,27+,28+,29-,30+,31+,32-,33-,34-,35-,36+,37+,38-,39-,40+,41-,42+,43-/m1/s1. The summed E-state index contributed by atoms with van der Waals surface area (Å²) in [6.45, 7) is 9.10. The second-order valence-corrected chi connectivity index (χ2v) is 20.8. The van der Waals surface area contributed by atoms with Crippen molar-refractivity contribution in [2.24, 2.45) is 52.3 Å². The first-order valence-electron chi connectivity index (χ1n) is 22.5. The zero-order valence-electron chi connectivity index (χ0n) is 35.1. The molecule has 342 valence electrons. The van der Waals surface area contributed by atoms with E-state index in [1.165, 1.54) is 0 Å². The number of aliphatic hydroxyl groups excluding tert-OH is 9. The number of carbonyl (C=O) groups is 1. The smallest absolute Gasteiger partial charge is 0.186 e. The van der Waals surface area contributed by atoms with Gasteiger partial charge >= 0.3 is 0 Å². The summed E-state index contributed by atoms with van der Waals surface area (Å²) in [6, 6.07) is 0. The van der Waals surface area contributed by atoms with Crippen molar-refractivity contribution in [1.29, 1.82) is 0 Å². The van der Waals surface area contributed by atoms with Crippen molar-refractivity contribution >= 4 is 5.78 Å². The first-order chi connectivity index (χ1) is 28.4. The van der Waals surface area contributed by atoms with E-state index in [2.05, 4.69) is 27.7 Å². The highest BCUT2D eigenvalue weighted by molar-refractivity contribution is 5.83. The third-order valence-corrected chi connectivity index (χ3v) is 17.5. The number of ether oxygens (including phenoxy) is 7. The number of ketones is 1. The van der Waals surface area contributed by atoms with Crippen LogP contribution in [0.3, 0.4) is 0 Å². The molecule has 0 aromatic rings. The van der Waals surface area contributed by atoms with Crippen LogP contribution in [0.25, 0.3) is 0 Å². The zero-order chi connectivity index (χ0) is 42.8. The van der Waals surface area contributed by atoms with Crippen LogP contribution in [0, 0.1) is 52.3 Å². The monoisotopic (exact) mass is 856 g/mol. The fourth-order valence-corrected chi connectivity index (χ4v) is 14.1. The van der Waals surface area contributed by atoms with E-state index in [9.17, 15) is 50.8 Å². The van der Waals surface area contributed by atoms with Gasteiger partial charge in [-0.15, -0.1) is 0 Å². The van der Waals surface area contributed by atoms with Crippen molar-refractivity contribution in [3.63, 3.8) is 0 Å². The molecule has 0 radical (unpaired) electrons. The molecule has 0 aromatic heterocycles. The molecule has 9 rings (SSSR count). The molecule has 1 spiro atoms. The summed E-state index contributed by atoms with van der Waals surface area (Å²) in [5, 5.41) is 96.7. The van der Waals surface area contributed by atoms with Crippen molar-refractivity contribution in [2.45, 2.75) is 189 Å². The molecule has 5 heterocycles. The normalized spacial score (nSPS) is 58.6. The summed E-state index contributed by atoms with van der Waals surface area (Å²) < 4.78 is 42.7. The highest BCUT2D eigenvalue weighted by Gasteiger charge is 2.70. The SMILES string of the molecule is C[C@@H]1CC[C@@]2(OC1)O[C@H]1C[C@@H]3[C@@H]4CC(=O)[C@@H]5C[C@@H](O[C@H]6O[C@H]([C@H](O)[C@H]7OC[C@@H](O)[C@@H](O)[C@@H]7O)[C@@H](O[C@H]7OC[C@@H](O)[C@H](O)[C@H]7O)[C@H](O)[C@H]6O)CC[C@]5(C)[C@H]4CC[C@]3(C)[C@H]1[C@@H]2C. The number of fused-ring (bicyclic) bond motifs is 7. The van der Waals surface area contributed by atoms with Crippen LogP contribution in [0.2, 0.25) is 0 Å². The zero-order valence-corrected chi connectivity index (χ0v) is 35.1. The predicted molar refractivity (Wildman–Crippen MR) is 204 cm³/mol. The van der Waals surface area contributed by atoms with Gasteiger partial charge in [-0.3, -0.25) is 4.79 Å². The minimum absolute atomic E-state index is 0.0573. The first-order valence-corrected chi connectivity index (χ1v) is 22.5. The summed E-state index contributed by atoms with van der Waals surface area (Å²) in [4.78, 5) is 14.4. The lowest BCUT2D eigenvalue weighted by Gasteiger charge is -2.60. The average Bonchev–Trinajstić information content (AvgIpc) is 3.67. The van der Waals surface area contributed by atoms with Crippen LogP contribution >= 0.6 is 0 Å². The number of rotatable bonds is 6. The van der Waals surface area contributed by atoms with Crippen LogP contribution in [0.5, 0.6) is 0 Å². The Morgan fingerprint density at radius 3 is 2.10 bits per heavy atom. The van der Waals surface area contributed by atoms with Crippen molar-refractivity contribution in [3.05, 3.63) is 0 Å². The molecule has 60 heavy (non-hydrogen) atoms. The number of carbonyl (C=O) groups excluding carboxylic acids is 1. The molecular weight excluding hydrogens is 788 g/mol. The highest BCUT2D eigenvalue weighted by atomic mass is 16.7. The molecule has 26 atom stereocenters. The van der Waals surface area contributed by atoms with Crippen LogP contribution in [0.15, 0.2) is 0 Å². The van der Waals surface area contributed by atoms with Crippen molar-refractivity contribution < 1.29 is 83.9 Å². The van der Waals surface area contributed by atoms with Gasteiger partial charge in [0.1, 0.15) is 79.0 Å². The summed E-state index contributed by atoms with van der Waals surface area (Å²) in [5.41, 5.74) is -0.209. The number of hydrogen-bond donors (Lipinski definition) is 9. The summed E-state index contributed by atoms with van der Waals surface area (Å²) >= 11 is 0. The summed E-state index contributed by atoms with van der Waals surface area (Å²) in [5.74, 6) is 1.58. The minimum Gasteiger partial charge on any atom is -0.388 e. The third kappa shape index (κ3) is 6.99. The molecule has 4 aliphatic carbocycles. The Labute approximate surface area is 350 Å². The van der Waals surface area contributed by atoms with Gasteiger partial charge in [0.25, 0.3) is 0 Å². The van der Waals surface area contributed by atoms with Gasteiger partial charge in [0, 0.05) is 24.7 Å². The van der Waals surface area contributed by atoms with Crippen molar-refractivity contribution in [2.75, 3.05) is 19.8 Å². The first kappa shape index (κ1) is 44.2. The van der Waals surface area contributed by atoms with Gasteiger partial charge in [-0.2, -0.15) is 0 Å². The van der Waals surface area contributed by atoms with E-state index in [0.29, 0.717) is 49.4 Å². The fraction of sp³-hybridized carbons (Fsp3) is 0.977. The maximum atomic E-state index is 14.4. The summed E-state index contributed by atoms with van der Waals surface area (Å²) in [6.07, 6.45) is -16.7. The Morgan fingerprint density at radius 2 is 1.38 bits per heavy atom. The number of aliphatic hydroxyl groups is 9. The molecule has 17 heteroatoms. The summed E-state index contributed by atoms with van der Waals surface area (Å²) in [7, 11) is 0. The van der Waals surface area contributed by atoms with Crippen LogP contribution < -0.4 is 0 Å². The lowest BCUT2D eigenvalue weighted by molar-refractivity contribution is -0.366. The van der Waals surface area contributed by atoms with Gasteiger partial charge in [-0.1, -0.05) is 27.7 Å². The van der Waals surface area contributed by atoms with Gasteiger partial charge in [0.15, 0.2) is 18.4 Å². The van der Waals surface area contributed by atoms with Gasteiger partial charge in [0.2, 0.25) is 0 Å². The topological polar surface area (TPSA) is 264 Å². The second kappa shape index (κ2) is 16.2. The Balaban J connectivity index is 0.894. The molecule has 17 nitrogen and oxygen atoms in total. The van der Waals surface area contributed by atoms with E-state index < -0.39 is 111 Å². The van der Waals surface area contributed by atoms with Gasteiger partial charge in [0.05, 0.1) is 32.0 Å². The maximum Gasteiger partial charge on any atom is 0.186 e. The number of Topliss-reactive ketones (excluding diaryl/α,β-unsaturated/α-hetero) is 1. The van der Waals surface area contributed by atoms with Crippen LogP contribution in [-0.4, -0.2) is 175 Å². The van der Waals surface area contributed by atoms with Gasteiger partial charge in [-0.25, -0.2) is 0 Å². The fourth-order valence-electron chi connectivity index (χ4n) is 14.1. The average molecular weight is 857 g/mol. The maximum absolute atomic E-state index is 14.4. The van der Waals surface area contributed by atoms with Gasteiger partial charge < -0.3 is 79.1 Å². The Bertz CT molecular complexity index is 1560. The molecule has 0 bridgehead atoms. The van der Waals surface area contributed by atoms with Crippen LogP contribution in [0.4, 0.5) is 0 Å². The largest absolute Gasteiger partial charge is 0.388 e. The van der Waals surface area contributed by atoms with E-state index in [1.807, 2.05) is 0 Å². The quantitative estimate of drug-likeness (QED) is 0.147. The van der Waals surface area contributed by atoms with Crippen molar-refractivity contribution in [1.82, 2.24) is 0 Å². The predicted octanol–water partition coefficient (Wildman–Crippen LogP) is -0.890. The van der Waals surface area contributed by atoms with E-state index >= 15 is 0 Å². The molecule has 0 aromatic carbocycles. The van der Waals surface area contributed by atoms with E-state index in [0.717, 1.165) is 38.7 Å². The Hall–Kier alpha value is -0.970. The molecular formula is C43H68O17. The lowest BCUT2D eigenvalue weighted by Crippen LogP contribution is -2.68. The molecule has 9 N–H and O–H groups in total. The van der Waals surface area contributed by atoms with Gasteiger partial charge in [-0.05, 0) is 85.4 Å². The third-order valence-electron chi connectivity index (χ3n) is 17.5. The Morgan fingerprint density at radius 1 is 0.700 bits per heavy atom. The Kier molecular flexibility index (Phi) is 11.9. The van der Waals surface area contributed by atoms with Crippen LogP contribution in [-0.2, 0) is 38.0 Å². The molecule has 5 aliphatic heterocycles. The lowest BCUT2D eigenvalue weighted by atomic mass is 9.44. The highest BCUT2D eigenvalue weighted by Crippen LogP contribution is 2.71.